The van der Waals surface area contributed by atoms with Crippen LogP contribution in [0.4, 0.5) is 13.2 Å². The number of nitrogens with one attached hydrogen (secondary N) is 2. The average molecular weight is 329 g/mol. The second-order valence-corrected chi connectivity index (χ2v) is 5.59. The van der Waals surface area contributed by atoms with Gasteiger partial charge in [0.25, 0.3) is 5.91 Å². The molecule has 6 nitrogen and oxygen atoms in total. The molecule has 3 heterocycles. The van der Waals surface area contributed by atoms with Crippen LogP contribution in [0.2, 0.25) is 0 Å². The normalized spacial score (nSPS) is 12.0. The molecule has 0 bridgehead atoms. The highest BCUT2D eigenvalue weighted by Gasteiger charge is 2.37. The van der Waals surface area contributed by atoms with Gasteiger partial charge in [-0.05, 0) is 6.07 Å². The highest BCUT2D eigenvalue weighted by atomic mass is 32.1. The molecule has 0 aliphatic heterocycles. The molecule has 0 saturated carbocycles. The van der Waals surface area contributed by atoms with Gasteiger partial charge in [0, 0.05) is 18.6 Å². The lowest BCUT2D eigenvalue weighted by atomic mass is 10.2. The zero-order valence-corrected chi connectivity index (χ0v) is 12.0. The van der Waals surface area contributed by atoms with Gasteiger partial charge in [0.1, 0.15) is 4.83 Å². The number of amides is 1. The number of H-pyrrole nitrogens is 1. The topological polar surface area (TPSA) is 75.6 Å². The number of thiophene rings is 1. The quantitative estimate of drug-likeness (QED) is 0.774. The number of aromatic amines is 1. The lowest BCUT2D eigenvalue weighted by Gasteiger charge is -2.02. The first kappa shape index (κ1) is 14.6. The van der Waals surface area contributed by atoms with Crippen molar-refractivity contribution in [2.75, 3.05) is 0 Å². The third kappa shape index (κ3) is 2.56. The average Bonchev–Trinajstić information content (AvgIpc) is 3.13. The molecule has 3 aromatic rings. The molecule has 0 fully saturated rings. The number of aromatic nitrogens is 4. The Hall–Kier alpha value is -2.36. The molecule has 0 atom stereocenters. The summed E-state index contributed by atoms with van der Waals surface area (Å²) < 4.78 is 39.8. The molecule has 2 N–H and O–H groups in total. The first-order valence-corrected chi connectivity index (χ1v) is 6.97. The van der Waals surface area contributed by atoms with Crippen LogP contribution in [0.3, 0.4) is 0 Å². The van der Waals surface area contributed by atoms with Crippen molar-refractivity contribution in [3.63, 3.8) is 0 Å². The number of alkyl halides is 3. The van der Waals surface area contributed by atoms with Gasteiger partial charge in [-0.15, -0.1) is 11.3 Å². The lowest BCUT2D eigenvalue weighted by Crippen LogP contribution is -2.21. The van der Waals surface area contributed by atoms with Gasteiger partial charge in [0.05, 0.1) is 23.4 Å². The van der Waals surface area contributed by atoms with E-state index in [1.165, 1.54) is 19.4 Å². The van der Waals surface area contributed by atoms with Gasteiger partial charge in [-0.2, -0.15) is 18.3 Å². The summed E-state index contributed by atoms with van der Waals surface area (Å²) in [4.78, 5) is 19.2. The Kier molecular flexibility index (Phi) is 3.39. The number of fused-ring (bicyclic) bond motifs is 1. The standard InChI is InChI=1S/C12H10F3N5OS/c1-20-11-7(9(19-20)12(13,14)15)2-8(22-11)10(21)17-4-6-3-16-5-18-6/h2-3,5H,4H2,1H3,(H,16,18)(H,17,21). The Morgan fingerprint density at radius 3 is 2.91 bits per heavy atom. The van der Waals surface area contributed by atoms with E-state index in [1.807, 2.05) is 0 Å². The first-order chi connectivity index (χ1) is 10.4. The number of hydrogen-bond acceptors (Lipinski definition) is 4. The number of nitrogens with zero attached hydrogens (tertiary/aromatic N) is 3. The molecule has 0 aromatic carbocycles. The number of rotatable bonds is 3. The third-order valence-corrected chi connectivity index (χ3v) is 4.20. The van der Waals surface area contributed by atoms with Crippen LogP contribution in [0.5, 0.6) is 0 Å². The third-order valence-electron chi connectivity index (χ3n) is 3.00. The van der Waals surface area contributed by atoms with Crippen LogP contribution < -0.4 is 5.32 Å². The van der Waals surface area contributed by atoms with E-state index in [1.54, 1.807) is 6.20 Å². The smallest absolute Gasteiger partial charge is 0.347 e. The minimum atomic E-state index is -4.55. The fourth-order valence-electron chi connectivity index (χ4n) is 2.01. The maximum Gasteiger partial charge on any atom is 0.435 e. The molecule has 0 aliphatic rings. The van der Waals surface area contributed by atoms with E-state index in [-0.39, 0.29) is 16.8 Å². The highest BCUT2D eigenvalue weighted by Crippen LogP contribution is 2.37. The van der Waals surface area contributed by atoms with Gasteiger partial charge in [0.2, 0.25) is 0 Å². The van der Waals surface area contributed by atoms with Crippen molar-refractivity contribution in [1.82, 2.24) is 25.1 Å². The van der Waals surface area contributed by atoms with Gasteiger partial charge < -0.3 is 10.3 Å². The van der Waals surface area contributed by atoms with Gasteiger partial charge >= 0.3 is 6.18 Å². The molecule has 10 heteroatoms. The molecule has 0 aliphatic carbocycles. The predicted molar refractivity (Wildman–Crippen MR) is 73.4 cm³/mol. The second kappa shape index (κ2) is 5.13. The number of imidazole rings is 1. The van der Waals surface area contributed by atoms with E-state index in [4.69, 9.17) is 0 Å². The summed E-state index contributed by atoms with van der Waals surface area (Å²) in [6.45, 7) is 0.220. The molecule has 0 saturated heterocycles. The van der Waals surface area contributed by atoms with Gasteiger partial charge in [-0.25, -0.2) is 4.98 Å². The molecule has 3 rings (SSSR count). The summed E-state index contributed by atoms with van der Waals surface area (Å²) in [5.41, 5.74) is -0.277. The Morgan fingerprint density at radius 2 is 2.27 bits per heavy atom. The van der Waals surface area contributed by atoms with Crippen LogP contribution in [-0.2, 0) is 19.8 Å². The van der Waals surface area contributed by atoms with E-state index in [0.29, 0.717) is 10.5 Å². The van der Waals surface area contributed by atoms with Crippen molar-refractivity contribution < 1.29 is 18.0 Å². The first-order valence-electron chi connectivity index (χ1n) is 6.15. The van der Waals surface area contributed by atoms with Crippen molar-refractivity contribution in [2.45, 2.75) is 12.7 Å². The SMILES string of the molecule is Cn1nc(C(F)(F)F)c2cc(C(=O)NCc3cnc[nH]3)sc21. The fraction of sp³-hybridized carbons (Fsp3) is 0.250. The van der Waals surface area contributed by atoms with Crippen molar-refractivity contribution in [3.8, 4) is 0 Å². The van der Waals surface area contributed by atoms with E-state index in [0.717, 1.165) is 16.0 Å². The summed E-state index contributed by atoms with van der Waals surface area (Å²) in [5, 5.41) is 6.02. The van der Waals surface area contributed by atoms with E-state index < -0.39 is 17.8 Å². The zero-order valence-electron chi connectivity index (χ0n) is 11.2. The molecule has 22 heavy (non-hydrogen) atoms. The van der Waals surface area contributed by atoms with Gasteiger partial charge in [-0.3, -0.25) is 9.48 Å². The van der Waals surface area contributed by atoms with E-state index >= 15 is 0 Å². The number of carbonyl (C=O) groups is 1. The summed E-state index contributed by atoms with van der Waals surface area (Å²) in [6, 6.07) is 1.22. The zero-order chi connectivity index (χ0) is 15.9. The Morgan fingerprint density at radius 1 is 1.50 bits per heavy atom. The number of hydrogen-bond donors (Lipinski definition) is 2. The van der Waals surface area contributed by atoms with Crippen LogP contribution >= 0.6 is 11.3 Å². The predicted octanol–water partition coefficient (Wildman–Crippen LogP) is 2.31. The number of halogens is 3. The number of carbonyl (C=O) groups excluding carboxylic acids is 1. The van der Waals surface area contributed by atoms with Crippen molar-refractivity contribution in [2.24, 2.45) is 7.05 Å². The van der Waals surface area contributed by atoms with Gasteiger partial charge in [0.15, 0.2) is 5.69 Å². The maximum absolute atomic E-state index is 12.9. The largest absolute Gasteiger partial charge is 0.435 e. The Labute approximate surface area is 126 Å². The van der Waals surface area contributed by atoms with Crippen molar-refractivity contribution in [3.05, 3.63) is 34.9 Å². The lowest BCUT2D eigenvalue weighted by molar-refractivity contribution is -0.140. The summed E-state index contributed by atoms with van der Waals surface area (Å²) in [5.74, 6) is -0.441. The maximum atomic E-state index is 12.9. The summed E-state index contributed by atoms with van der Waals surface area (Å²) >= 11 is 0.969. The molecule has 3 aromatic heterocycles. The minimum absolute atomic E-state index is 0.0632. The highest BCUT2D eigenvalue weighted by molar-refractivity contribution is 7.20. The minimum Gasteiger partial charge on any atom is -0.347 e. The number of aryl methyl sites for hydroxylation is 1. The molecule has 1 amide bonds. The van der Waals surface area contributed by atoms with Crippen LogP contribution in [0.15, 0.2) is 18.6 Å². The van der Waals surface area contributed by atoms with Crippen LogP contribution in [0.1, 0.15) is 21.1 Å². The van der Waals surface area contributed by atoms with Crippen LogP contribution in [0, 0.1) is 0 Å². The summed E-state index contributed by atoms with van der Waals surface area (Å²) in [7, 11) is 1.42. The van der Waals surface area contributed by atoms with E-state index in [2.05, 4.69) is 20.4 Å². The monoisotopic (exact) mass is 329 g/mol. The summed E-state index contributed by atoms with van der Waals surface area (Å²) in [6.07, 6.45) is -1.52. The molecule has 0 spiro atoms. The Balaban J connectivity index is 1.87. The van der Waals surface area contributed by atoms with E-state index in [9.17, 15) is 18.0 Å². The van der Waals surface area contributed by atoms with Crippen LogP contribution in [-0.4, -0.2) is 25.7 Å². The second-order valence-electron chi connectivity index (χ2n) is 4.56. The van der Waals surface area contributed by atoms with Gasteiger partial charge in [-0.1, -0.05) is 0 Å². The van der Waals surface area contributed by atoms with Crippen molar-refractivity contribution in [1.29, 1.82) is 0 Å². The van der Waals surface area contributed by atoms with Crippen LogP contribution in [0.25, 0.3) is 10.2 Å². The Bertz CT molecular complexity index is 818. The van der Waals surface area contributed by atoms with Crippen molar-refractivity contribution >= 4 is 27.5 Å². The molecular formula is C12H10F3N5OS. The molecule has 116 valence electrons. The molecule has 0 unspecified atom stereocenters. The molecule has 0 radical (unpaired) electrons. The fourth-order valence-corrected chi connectivity index (χ4v) is 2.99. The molecular weight excluding hydrogens is 319 g/mol.